The van der Waals surface area contributed by atoms with E-state index in [1.807, 2.05) is 0 Å². The molecule has 0 spiro atoms. The molecule has 1 aromatic rings. The Balaban J connectivity index is 2.35. The van der Waals surface area contributed by atoms with Crippen LogP contribution in [0.25, 0.3) is 0 Å². The predicted molar refractivity (Wildman–Crippen MR) is 74.7 cm³/mol. The molecule has 23 heavy (non-hydrogen) atoms. The fourth-order valence-electron chi connectivity index (χ4n) is 2.25. The molecule has 0 aromatic heterocycles. The minimum Gasteiger partial charge on any atom is -0.468 e. The predicted octanol–water partition coefficient (Wildman–Crippen LogP) is 0.569. The number of fused-ring (bicyclic) bond motifs is 1. The maximum atomic E-state index is 12.3. The third-order valence-electron chi connectivity index (χ3n) is 3.51. The monoisotopic (exact) mass is 320 g/mol. The summed E-state index contributed by atoms with van der Waals surface area (Å²) in [6, 6.07) is 3.28. The summed E-state index contributed by atoms with van der Waals surface area (Å²) in [5.74, 6) is -4.21. The Morgan fingerprint density at radius 3 is 2.39 bits per heavy atom. The van der Waals surface area contributed by atoms with E-state index in [0.29, 0.717) is 0 Å². The van der Waals surface area contributed by atoms with Crippen molar-refractivity contribution >= 4 is 29.3 Å². The van der Waals surface area contributed by atoms with Crippen molar-refractivity contribution in [2.24, 2.45) is 5.92 Å². The van der Waals surface area contributed by atoms with Gasteiger partial charge in [0.05, 0.1) is 23.2 Å². The highest BCUT2D eigenvalue weighted by molar-refractivity contribution is 6.22. The van der Waals surface area contributed by atoms with Gasteiger partial charge >= 0.3 is 5.97 Å². The quantitative estimate of drug-likeness (QED) is 0.255. The highest BCUT2D eigenvalue weighted by Crippen LogP contribution is 2.27. The topological polar surface area (TPSA) is 124 Å². The molecule has 1 aliphatic rings. The molecule has 0 fully saturated rings. The first-order chi connectivity index (χ1) is 10.8. The third kappa shape index (κ3) is 2.80. The summed E-state index contributed by atoms with van der Waals surface area (Å²) in [5, 5.41) is 10.8. The van der Waals surface area contributed by atoms with Gasteiger partial charge in [0.15, 0.2) is 0 Å². The molecule has 0 aliphatic carbocycles. The SMILES string of the molecule is COC(=O)C(CN1C(=O)c2ccc([N+](=O)[O-])cc2C1=O)C(C)=O. The van der Waals surface area contributed by atoms with Crippen LogP contribution in [0.3, 0.4) is 0 Å². The molecule has 0 radical (unpaired) electrons. The number of nitro benzene ring substituents is 1. The zero-order chi connectivity index (χ0) is 17.3. The van der Waals surface area contributed by atoms with Crippen molar-refractivity contribution in [2.75, 3.05) is 13.7 Å². The van der Waals surface area contributed by atoms with E-state index in [9.17, 15) is 29.3 Å². The molecule has 0 saturated carbocycles. The standard InChI is InChI=1S/C14H12N2O7/c1-7(17)11(14(20)23-2)6-15-12(18)9-4-3-8(16(21)22)5-10(9)13(15)19/h3-5,11H,6H2,1-2H3. The lowest BCUT2D eigenvalue weighted by atomic mass is 10.1. The Morgan fingerprint density at radius 2 is 1.87 bits per heavy atom. The summed E-state index contributed by atoms with van der Waals surface area (Å²) >= 11 is 0. The molecular weight excluding hydrogens is 308 g/mol. The molecule has 1 aromatic carbocycles. The number of hydrogen-bond donors (Lipinski definition) is 0. The first kappa shape index (κ1) is 16.3. The number of rotatable bonds is 5. The molecular formula is C14H12N2O7. The highest BCUT2D eigenvalue weighted by atomic mass is 16.6. The number of methoxy groups -OCH3 is 1. The minimum absolute atomic E-state index is 0.00670. The van der Waals surface area contributed by atoms with Gasteiger partial charge in [0, 0.05) is 18.7 Å². The van der Waals surface area contributed by atoms with E-state index >= 15 is 0 Å². The average Bonchev–Trinajstić information content (AvgIpc) is 2.75. The maximum Gasteiger partial charge on any atom is 0.318 e. The fourth-order valence-corrected chi connectivity index (χ4v) is 2.25. The molecule has 0 N–H and O–H groups in total. The van der Waals surface area contributed by atoms with E-state index < -0.39 is 41.0 Å². The van der Waals surface area contributed by atoms with Crippen molar-refractivity contribution in [3.8, 4) is 0 Å². The Kier molecular flexibility index (Phi) is 4.21. The molecule has 120 valence electrons. The summed E-state index contributed by atoms with van der Waals surface area (Å²) in [4.78, 5) is 58.4. The van der Waals surface area contributed by atoms with Gasteiger partial charge in [-0.25, -0.2) is 0 Å². The van der Waals surface area contributed by atoms with Crippen LogP contribution < -0.4 is 0 Å². The third-order valence-corrected chi connectivity index (χ3v) is 3.51. The number of carbonyl (C=O) groups excluding carboxylic acids is 4. The zero-order valence-electron chi connectivity index (χ0n) is 12.3. The smallest absolute Gasteiger partial charge is 0.318 e. The van der Waals surface area contributed by atoms with Crippen molar-refractivity contribution < 1.29 is 28.8 Å². The van der Waals surface area contributed by atoms with E-state index in [1.165, 1.54) is 6.07 Å². The van der Waals surface area contributed by atoms with Crippen LogP contribution >= 0.6 is 0 Å². The molecule has 9 nitrogen and oxygen atoms in total. The van der Waals surface area contributed by atoms with Crippen LogP contribution in [0.2, 0.25) is 0 Å². The van der Waals surface area contributed by atoms with Gasteiger partial charge in [0.25, 0.3) is 17.5 Å². The average molecular weight is 320 g/mol. The normalized spacial score (nSPS) is 14.4. The molecule has 2 amide bonds. The number of non-ortho nitro benzene ring substituents is 1. The van der Waals surface area contributed by atoms with Crippen molar-refractivity contribution in [2.45, 2.75) is 6.92 Å². The molecule has 1 atom stereocenters. The summed E-state index contributed by atoms with van der Waals surface area (Å²) in [6.45, 7) is 0.673. The number of imide groups is 1. The van der Waals surface area contributed by atoms with Crippen LogP contribution in [-0.4, -0.2) is 47.0 Å². The van der Waals surface area contributed by atoms with Crippen LogP contribution in [0, 0.1) is 16.0 Å². The van der Waals surface area contributed by atoms with E-state index in [-0.39, 0.29) is 16.8 Å². The molecule has 0 saturated heterocycles. The number of amides is 2. The van der Waals surface area contributed by atoms with E-state index in [4.69, 9.17) is 0 Å². The molecule has 0 bridgehead atoms. The second kappa shape index (κ2) is 5.95. The molecule has 9 heteroatoms. The number of nitrogens with zero attached hydrogens (tertiary/aromatic N) is 2. The molecule has 2 rings (SSSR count). The number of hydrogen-bond acceptors (Lipinski definition) is 7. The Morgan fingerprint density at radius 1 is 1.26 bits per heavy atom. The number of nitro groups is 1. The number of esters is 1. The minimum atomic E-state index is -1.29. The second-order valence-corrected chi connectivity index (χ2v) is 4.89. The van der Waals surface area contributed by atoms with Crippen molar-refractivity contribution in [1.29, 1.82) is 0 Å². The van der Waals surface area contributed by atoms with E-state index in [0.717, 1.165) is 31.1 Å². The Hall–Kier alpha value is -3.10. The number of carbonyl (C=O) groups is 4. The van der Waals surface area contributed by atoms with Crippen LogP contribution in [-0.2, 0) is 14.3 Å². The first-order valence-corrected chi connectivity index (χ1v) is 6.50. The number of Topliss-reactive ketones (excluding diaryl/α,β-unsaturated/α-hetero) is 1. The van der Waals surface area contributed by atoms with E-state index in [1.54, 1.807) is 0 Å². The van der Waals surface area contributed by atoms with Gasteiger partial charge in [-0.3, -0.25) is 34.2 Å². The van der Waals surface area contributed by atoms with Gasteiger partial charge in [-0.05, 0) is 13.0 Å². The second-order valence-electron chi connectivity index (χ2n) is 4.89. The van der Waals surface area contributed by atoms with Gasteiger partial charge in [-0.2, -0.15) is 0 Å². The maximum absolute atomic E-state index is 12.3. The highest BCUT2D eigenvalue weighted by Gasteiger charge is 2.40. The number of ether oxygens (including phenoxy) is 1. The van der Waals surface area contributed by atoms with Crippen LogP contribution in [0.1, 0.15) is 27.6 Å². The van der Waals surface area contributed by atoms with Gasteiger partial charge in [-0.1, -0.05) is 0 Å². The largest absolute Gasteiger partial charge is 0.468 e. The lowest BCUT2D eigenvalue weighted by molar-refractivity contribution is -0.384. The number of ketones is 1. The summed E-state index contributed by atoms with van der Waals surface area (Å²) < 4.78 is 4.48. The lowest BCUT2D eigenvalue weighted by Gasteiger charge is -2.18. The van der Waals surface area contributed by atoms with Crippen LogP contribution in [0.15, 0.2) is 18.2 Å². The van der Waals surface area contributed by atoms with Crippen LogP contribution in [0.4, 0.5) is 5.69 Å². The van der Waals surface area contributed by atoms with Crippen LogP contribution in [0.5, 0.6) is 0 Å². The zero-order valence-corrected chi connectivity index (χ0v) is 12.3. The Labute approximate surface area is 130 Å². The van der Waals surface area contributed by atoms with Gasteiger partial charge in [0.2, 0.25) is 0 Å². The van der Waals surface area contributed by atoms with Crippen molar-refractivity contribution in [3.05, 3.63) is 39.4 Å². The molecule has 1 unspecified atom stereocenters. The van der Waals surface area contributed by atoms with Crippen molar-refractivity contribution in [3.63, 3.8) is 0 Å². The van der Waals surface area contributed by atoms with E-state index in [2.05, 4.69) is 4.74 Å². The lowest BCUT2D eigenvalue weighted by Crippen LogP contribution is -2.40. The fraction of sp³-hybridized carbons (Fsp3) is 0.286. The summed E-state index contributed by atoms with van der Waals surface area (Å²) in [7, 11) is 1.09. The van der Waals surface area contributed by atoms with Crippen molar-refractivity contribution in [1.82, 2.24) is 4.90 Å². The molecule has 1 heterocycles. The Bertz CT molecular complexity index is 741. The summed E-state index contributed by atoms with van der Waals surface area (Å²) in [6.07, 6.45) is 0. The molecule has 1 aliphatic heterocycles. The van der Waals surface area contributed by atoms with Gasteiger partial charge in [-0.15, -0.1) is 0 Å². The first-order valence-electron chi connectivity index (χ1n) is 6.50. The number of benzene rings is 1. The van der Waals surface area contributed by atoms with Gasteiger partial charge < -0.3 is 4.74 Å². The summed E-state index contributed by atoms with van der Waals surface area (Å²) in [5.41, 5.74) is -0.466. The van der Waals surface area contributed by atoms with Gasteiger partial charge in [0.1, 0.15) is 11.7 Å².